The minimum Gasteiger partial charge on any atom is -0.387 e. The van der Waals surface area contributed by atoms with Gasteiger partial charge in [0.15, 0.2) is 0 Å². The number of hydrogen-bond acceptors (Lipinski definition) is 2. The van der Waals surface area contributed by atoms with E-state index in [9.17, 15) is 4.79 Å². The van der Waals surface area contributed by atoms with Crippen LogP contribution < -0.4 is 5.32 Å². The lowest BCUT2D eigenvalue weighted by molar-refractivity contribution is 0.0748. The number of hydrogen-bond donors (Lipinski definition) is 1. The van der Waals surface area contributed by atoms with Gasteiger partial charge in [0.2, 0.25) is 0 Å². The summed E-state index contributed by atoms with van der Waals surface area (Å²) >= 11 is 6.02. The van der Waals surface area contributed by atoms with Crippen LogP contribution in [0.3, 0.4) is 0 Å². The lowest BCUT2D eigenvalue weighted by atomic mass is 10.1. The van der Waals surface area contributed by atoms with Gasteiger partial charge < -0.3 is 10.2 Å². The molecule has 0 heterocycles. The Morgan fingerprint density at radius 1 is 1.47 bits per heavy atom. The van der Waals surface area contributed by atoms with Crippen LogP contribution in [-0.2, 0) is 0 Å². The number of nitrogens with zero attached hydrogens (tertiary/aromatic N) is 1. The van der Waals surface area contributed by atoms with Gasteiger partial charge in [0.25, 0.3) is 5.91 Å². The summed E-state index contributed by atoms with van der Waals surface area (Å²) < 4.78 is 0. The smallest absolute Gasteiger partial charge is 0.256 e. The fourth-order valence-corrected chi connectivity index (χ4v) is 2.41. The van der Waals surface area contributed by atoms with E-state index in [0.29, 0.717) is 16.5 Å². The molecule has 0 radical (unpaired) electrons. The standard InChI is InChI=1S/C15H21ClN2O/c1-3-8-18(10-11-4-5-11)15(19)13-9-12(16)6-7-14(13)17-2/h6-7,9,11,17H,3-5,8,10H2,1-2H3. The Bertz CT molecular complexity index is 457. The zero-order valence-corrected chi connectivity index (χ0v) is 12.3. The third-order valence-electron chi connectivity index (χ3n) is 3.44. The quantitative estimate of drug-likeness (QED) is 0.863. The topological polar surface area (TPSA) is 32.3 Å². The lowest BCUT2D eigenvalue weighted by Crippen LogP contribution is -2.34. The molecule has 1 aliphatic carbocycles. The van der Waals surface area contributed by atoms with Gasteiger partial charge in [0.1, 0.15) is 0 Å². The van der Waals surface area contributed by atoms with Crippen molar-refractivity contribution in [3.8, 4) is 0 Å². The van der Waals surface area contributed by atoms with Gasteiger partial charge in [-0.05, 0) is 43.4 Å². The van der Waals surface area contributed by atoms with Crippen LogP contribution in [0, 0.1) is 5.92 Å². The number of anilines is 1. The second kappa shape index (κ2) is 6.29. The normalized spacial score (nSPS) is 14.3. The van der Waals surface area contributed by atoms with Crippen LogP contribution in [0.5, 0.6) is 0 Å². The molecule has 2 rings (SSSR count). The zero-order chi connectivity index (χ0) is 13.8. The van der Waals surface area contributed by atoms with E-state index in [1.165, 1.54) is 12.8 Å². The fraction of sp³-hybridized carbons (Fsp3) is 0.533. The molecular formula is C15H21ClN2O. The molecule has 0 aromatic heterocycles. The molecule has 1 fully saturated rings. The van der Waals surface area contributed by atoms with E-state index < -0.39 is 0 Å². The van der Waals surface area contributed by atoms with E-state index in [-0.39, 0.29) is 5.91 Å². The number of rotatable bonds is 6. The first-order valence-electron chi connectivity index (χ1n) is 6.92. The molecule has 0 atom stereocenters. The maximum Gasteiger partial charge on any atom is 0.256 e. The van der Waals surface area contributed by atoms with Crippen molar-refractivity contribution in [3.05, 3.63) is 28.8 Å². The second-order valence-electron chi connectivity index (χ2n) is 5.13. The number of amides is 1. The molecule has 0 unspecified atom stereocenters. The summed E-state index contributed by atoms with van der Waals surface area (Å²) in [6.45, 7) is 3.79. The fourth-order valence-electron chi connectivity index (χ4n) is 2.24. The largest absolute Gasteiger partial charge is 0.387 e. The highest BCUT2D eigenvalue weighted by molar-refractivity contribution is 6.31. The molecular weight excluding hydrogens is 260 g/mol. The third kappa shape index (κ3) is 3.63. The van der Waals surface area contributed by atoms with Gasteiger partial charge in [0.05, 0.1) is 5.56 Å². The molecule has 4 heteroatoms. The van der Waals surface area contributed by atoms with Crippen LogP contribution in [0.2, 0.25) is 5.02 Å². The highest BCUT2D eigenvalue weighted by atomic mass is 35.5. The van der Waals surface area contributed by atoms with E-state index in [1.807, 2.05) is 18.0 Å². The Morgan fingerprint density at radius 2 is 2.21 bits per heavy atom. The van der Waals surface area contributed by atoms with Crippen molar-refractivity contribution < 1.29 is 4.79 Å². The van der Waals surface area contributed by atoms with Gasteiger partial charge >= 0.3 is 0 Å². The van der Waals surface area contributed by atoms with Crippen molar-refractivity contribution in [2.45, 2.75) is 26.2 Å². The van der Waals surface area contributed by atoms with E-state index in [4.69, 9.17) is 11.6 Å². The second-order valence-corrected chi connectivity index (χ2v) is 5.57. The summed E-state index contributed by atoms with van der Waals surface area (Å²) in [4.78, 5) is 14.6. The predicted molar refractivity (Wildman–Crippen MR) is 79.9 cm³/mol. The molecule has 0 bridgehead atoms. The minimum absolute atomic E-state index is 0.0839. The average Bonchev–Trinajstić information content (AvgIpc) is 3.21. The Labute approximate surface area is 119 Å². The van der Waals surface area contributed by atoms with Gasteiger partial charge in [-0.25, -0.2) is 0 Å². The molecule has 1 N–H and O–H groups in total. The Balaban J connectivity index is 2.21. The van der Waals surface area contributed by atoms with Crippen molar-refractivity contribution in [1.29, 1.82) is 0 Å². The SMILES string of the molecule is CCCN(CC1CC1)C(=O)c1cc(Cl)ccc1NC. The van der Waals surface area contributed by atoms with Crippen LogP contribution in [0.4, 0.5) is 5.69 Å². The molecule has 1 aromatic carbocycles. The number of benzene rings is 1. The summed E-state index contributed by atoms with van der Waals surface area (Å²) in [6, 6.07) is 5.41. The molecule has 1 saturated carbocycles. The van der Waals surface area contributed by atoms with Crippen LogP contribution >= 0.6 is 11.6 Å². The number of halogens is 1. The van der Waals surface area contributed by atoms with Gasteiger partial charge in [-0.3, -0.25) is 4.79 Å². The maximum absolute atomic E-state index is 12.7. The summed E-state index contributed by atoms with van der Waals surface area (Å²) in [7, 11) is 1.82. The summed E-state index contributed by atoms with van der Waals surface area (Å²) in [5.41, 5.74) is 1.51. The highest BCUT2D eigenvalue weighted by Gasteiger charge is 2.27. The lowest BCUT2D eigenvalue weighted by Gasteiger charge is -2.23. The van der Waals surface area contributed by atoms with Gasteiger partial charge in [-0.15, -0.1) is 0 Å². The van der Waals surface area contributed by atoms with E-state index in [0.717, 1.165) is 25.2 Å². The summed E-state index contributed by atoms with van der Waals surface area (Å²) in [5, 5.41) is 3.67. The van der Waals surface area contributed by atoms with Crippen LogP contribution in [0.1, 0.15) is 36.5 Å². The molecule has 1 amide bonds. The molecule has 3 nitrogen and oxygen atoms in total. The molecule has 1 aliphatic rings. The Morgan fingerprint density at radius 3 is 2.79 bits per heavy atom. The van der Waals surface area contributed by atoms with E-state index in [2.05, 4.69) is 12.2 Å². The molecule has 19 heavy (non-hydrogen) atoms. The van der Waals surface area contributed by atoms with Gasteiger partial charge in [0, 0.05) is 30.8 Å². The van der Waals surface area contributed by atoms with Crippen LogP contribution in [0.15, 0.2) is 18.2 Å². The Hall–Kier alpha value is -1.22. The predicted octanol–water partition coefficient (Wildman–Crippen LogP) is 3.64. The first-order chi connectivity index (χ1) is 9.15. The summed E-state index contributed by atoms with van der Waals surface area (Å²) in [6.07, 6.45) is 3.48. The number of carbonyl (C=O) groups is 1. The van der Waals surface area contributed by atoms with Crippen molar-refractivity contribution in [2.24, 2.45) is 5.92 Å². The third-order valence-corrected chi connectivity index (χ3v) is 3.67. The minimum atomic E-state index is 0.0839. The van der Waals surface area contributed by atoms with E-state index in [1.54, 1.807) is 12.1 Å². The van der Waals surface area contributed by atoms with Crippen LogP contribution in [0.25, 0.3) is 0 Å². The Kier molecular flexibility index (Phi) is 4.70. The van der Waals surface area contributed by atoms with Crippen molar-refractivity contribution in [1.82, 2.24) is 4.90 Å². The molecule has 0 saturated heterocycles. The first kappa shape index (κ1) is 14.2. The van der Waals surface area contributed by atoms with E-state index >= 15 is 0 Å². The summed E-state index contributed by atoms with van der Waals surface area (Å²) in [5.74, 6) is 0.785. The number of carbonyl (C=O) groups excluding carboxylic acids is 1. The van der Waals surface area contributed by atoms with Crippen LogP contribution in [-0.4, -0.2) is 30.9 Å². The molecule has 0 aliphatic heterocycles. The van der Waals surface area contributed by atoms with Gasteiger partial charge in [-0.2, -0.15) is 0 Å². The first-order valence-corrected chi connectivity index (χ1v) is 7.30. The average molecular weight is 281 g/mol. The molecule has 1 aromatic rings. The number of nitrogens with one attached hydrogen (secondary N) is 1. The van der Waals surface area contributed by atoms with Crippen molar-refractivity contribution in [3.63, 3.8) is 0 Å². The zero-order valence-electron chi connectivity index (χ0n) is 11.6. The van der Waals surface area contributed by atoms with Gasteiger partial charge in [-0.1, -0.05) is 18.5 Å². The van der Waals surface area contributed by atoms with Crippen molar-refractivity contribution in [2.75, 3.05) is 25.5 Å². The monoisotopic (exact) mass is 280 g/mol. The highest BCUT2D eigenvalue weighted by Crippen LogP contribution is 2.31. The van der Waals surface area contributed by atoms with Crippen molar-refractivity contribution >= 4 is 23.2 Å². The molecule has 104 valence electrons. The maximum atomic E-state index is 12.7. The molecule has 0 spiro atoms.